The summed E-state index contributed by atoms with van der Waals surface area (Å²) in [6.07, 6.45) is 3.59. The molecule has 3 aromatic rings. The molecule has 0 aliphatic carbocycles. The number of benzene rings is 2. The number of nitrogens with one attached hydrogen (secondary N) is 2. The van der Waals surface area contributed by atoms with Crippen LogP contribution in [0.15, 0.2) is 60.9 Å². The predicted molar refractivity (Wildman–Crippen MR) is 119 cm³/mol. The Morgan fingerprint density at radius 3 is 2.30 bits per heavy atom. The highest BCUT2D eigenvalue weighted by molar-refractivity contribution is 5.75. The Hall–Kier alpha value is -3.28. The van der Waals surface area contributed by atoms with Crippen LogP contribution >= 0.6 is 0 Å². The van der Waals surface area contributed by atoms with Gasteiger partial charge in [-0.25, -0.2) is 9.78 Å². The van der Waals surface area contributed by atoms with Gasteiger partial charge in [-0.3, -0.25) is 0 Å². The Morgan fingerprint density at radius 2 is 1.70 bits per heavy atom. The Morgan fingerprint density at radius 1 is 1.00 bits per heavy atom. The lowest BCUT2D eigenvalue weighted by Crippen LogP contribution is -2.40. The number of nitrogens with zero attached hydrogens (tertiary/aromatic N) is 2. The molecule has 0 saturated heterocycles. The van der Waals surface area contributed by atoms with Gasteiger partial charge in [0.1, 0.15) is 17.6 Å². The van der Waals surface area contributed by atoms with Crippen molar-refractivity contribution in [3.8, 4) is 5.75 Å². The molecule has 0 spiro atoms. The largest absolute Gasteiger partial charge is 0.497 e. The summed E-state index contributed by atoms with van der Waals surface area (Å²) in [7, 11) is 3.54. The molecule has 0 fully saturated rings. The zero-order valence-corrected chi connectivity index (χ0v) is 18.2. The summed E-state index contributed by atoms with van der Waals surface area (Å²) < 4.78 is 7.25. The summed E-state index contributed by atoms with van der Waals surface area (Å²) >= 11 is 0. The van der Waals surface area contributed by atoms with Crippen molar-refractivity contribution in [3.05, 3.63) is 83.4 Å². The lowest BCUT2D eigenvalue weighted by Gasteiger charge is -2.22. The van der Waals surface area contributed by atoms with E-state index in [1.54, 1.807) is 13.3 Å². The zero-order chi connectivity index (χ0) is 21.7. The molecular weight excluding hydrogens is 376 g/mol. The van der Waals surface area contributed by atoms with Gasteiger partial charge in [-0.2, -0.15) is 0 Å². The third-order valence-corrected chi connectivity index (χ3v) is 5.27. The number of rotatable bonds is 7. The number of carbonyl (C=O) groups excluding carboxylic acids is 1. The standard InChI is InChI=1S/C24H30N4O2/c1-16(2)18-9-11-19(12-10-18)17(3)26-24(29)27-22(23-25-13-14-28(23)4)20-7-6-8-21(15-20)30-5/h6-17,22H,1-5H3,(H2,26,27,29)/t17-,22+/m0/s1. The van der Waals surface area contributed by atoms with Crippen molar-refractivity contribution >= 4 is 6.03 Å². The van der Waals surface area contributed by atoms with Crippen LogP contribution in [0.25, 0.3) is 0 Å². The van der Waals surface area contributed by atoms with Crippen LogP contribution in [0.2, 0.25) is 0 Å². The molecule has 0 radical (unpaired) electrons. The minimum atomic E-state index is -0.407. The summed E-state index contributed by atoms with van der Waals surface area (Å²) in [6.45, 7) is 6.31. The van der Waals surface area contributed by atoms with E-state index >= 15 is 0 Å². The van der Waals surface area contributed by atoms with Gasteiger partial charge in [-0.05, 0) is 41.7 Å². The van der Waals surface area contributed by atoms with Crippen LogP contribution in [0.1, 0.15) is 61.3 Å². The molecule has 0 aliphatic heterocycles. The van der Waals surface area contributed by atoms with Gasteiger partial charge in [0.25, 0.3) is 0 Å². The van der Waals surface area contributed by atoms with Gasteiger partial charge in [0.15, 0.2) is 0 Å². The molecule has 0 unspecified atom stereocenters. The van der Waals surface area contributed by atoms with Crippen LogP contribution in [0.3, 0.4) is 0 Å². The molecule has 6 nitrogen and oxygen atoms in total. The molecule has 0 bridgehead atoms. The van der Waals surface area contributed by atoms with Crippen LogP contribution in [0.5, 0.6) is 5.75 Å². The number of ether oxygens (including phenoxy) is 1. The van der Waals surface area contributed by atoms with E-state index < -0.39 is 6.04 Å². The van der Waals surface area contributed by atoms with Gasteiger partial charge in [0.05, 0.1) is 13.2 Å². The number of aryl methyl sites for hydroxylation is 1. The van der Waals surface area contributed by atoms with Crippen molar-refractivity contribution < 1.29 is 9.53 Å². The number of imidazole rings is 1. The van der Waals surface area contributed by atoms with Gasteiger partial charge in [0, 0.05) is 19.4 Å². The Balaban J connectivity index is 1.77. The lowest BCUT2D eigenvalue weighted by atomic mass is 10.00. The highest BCUT2D eigenvalue weighted by atomic mass is 16.5. The van der Waals surface area contributed by atoms with Crippen molar-refractivity contribution in [1.29, 1.82) is 0 Å². The lowest BCUT2D eigenvalue weighted by molar-refractivity contribution is 0.235. The molecule has 1 aromatic heterocycles. The zero-order valence-electron chi connectivity index (χ0n) is 18.2. The van der Waals surface area contributed by atoms with Crippen LogP contribution in [-0.2, 0) is 7.05 Å². The Kier molecular flexibility index (Phi) is 6.77. The van der Waals surface area contributed by atoms with Crippen molar-refractivity contribution in [3.63, 3.8) is 0 Å². The van der Waals surface area contributed by atoms with Crippen LogP contribution in [0, 0.1) is 0 Å². The smallest absolute Gasteiger partial charge is 0.316 e. The van der Waals surface area contributed by atoms with Crippen molar-refractivity contribution in [2.75, 3.05) is 7.11 Å². The minimum absolute atomic E-state index is 0.126. The topological polar surface area (TPSA) is 68.2 Å². The van der Waals surface area contributed by atoms with E-state index in [-0.39, 0.29) is 12.1 Å². The summed E-state index contributed by atoms with van der Waals surface area (Å²) in [5, 5.41) is 6.11. The van der Waals surface area contributed by atoms with E-state index in [0.29, 0.717) is 5.92 Å². The maximum atomic E-state index is 12.9. The number of hydrogen-bond acceptors (Lipinski definition) is 3. The fraction of sp³-hybridized carbons (Fsp3) is 0.333. The molecule has 6 heteroatoms. The summed E-state index contributed by atoms with van der Waals surface area (Å²) in [5.74, 6) is 1.95. The van der Waals surface area contributed by atoms with Gasteiger partial charge in [-0.1, -0.05) is 50.2 Å². The average molecular weight is 407 g/mol. The SMILES string of the molecule is COc1cccc([C@@H](NC(=O)N[C@@H](C)c2ccc(C(C)C)cc2)c2nccn2C)c1. The second-order valence-corrected chi connectivity index (χ2v) is 7.77. The first-order valence-corrected chi connectivity index (χ1v) is 10.2. The first kappa shape index (κ1) is 21.4. The minimum Gasteiger partial charge on any atom is -0.497 e. The first-order chi connectivity index (χ1) is 14.4. The van der Waals surface area contributed by atoms with E-state index in [2.05, 4.69) is 53.7 Å². The number of aromatic nitrogens is 2. The summed E-state index contributed by atoms with van der Waals surface area (Å²) in [4.78, 5) is 17.3. The molecule has 0 saturated carbocycles. The molecule has 30 heavy (non-hydrogen) atoms. The number of methoxy groups -OCH3 is 1. The van der Waals surface area contributed by atoms with Gasteiger partial charge >= 0.3 is 6.03 Å². The predicted octanol–water partition coefficient (Wildman–Crippen LogP) is 4.70. The van der Waals surface area contributed by atoms with E-state index in [0.717, 1.165) is 22.7 Å². The highest BCUT2D eigenvalue weighted by Crippen LogP contribution is 2.24. The summed E-state index contributed by atoms with van der Waals surface area (Å²) in [6, 6.07) is 15.2. The fourth-order valence-electron chi connectivity index (χ4n) is 3.40. The van der Waals surface area contributed by atoms with E-state index in [9.17, 15) is 4.79 Å². The number of amides is 2. The van der Waals surface area contributed by atoms with Gasteiger partial charge < -0.3 is 19.9 Å². The monoisotopic (exact) mass is 406 g/mol. The van der Waals surface area contributed by atoms with Crippen LogP contribution in [-0.4, -0.2) is 22.7 Å². The normalized spacial score (nSPS) is 13.0. The third-order valence-electron chi connectivity index (χ3n) is 5.27. The molecule has 2 aromatic carbocycles. The molecule has 2 N–H and O–H groups in total. The second kappa shape index (κ2) is 9.48. The molecular formula is C24H30N4O2. The van der Waals surface area contributed by atoms with Crippen LogP contribution < -0.4 is 15.4 Å². The second-order valence-electron chi connectivity index (χ2n) is 7.77. The Bertz CT molecular complexity index is 979. The van der Waals surface area contributed by atoms with E-state index in [1.165, 1.54) is 5.56 Å². The molecule has 158 valence electrons. The maximum Gasteiger partial charge on any atom is 0.316 e. The van der Waals surface area contributed by atoms with Gasteiger partial charge in [-0.15, -0.1) is 0 Å². The molecule has 1 heterocycles. The van der Waals surface area contributed by atoms with E-state index in [4.69, 9.17) is 4.74 Å². The summed E-state index contributed by atoms with van der Waals surface area (Å²) in [5.41, 5.74) is 3.24. The average Bonchev–Trinajstić information content (AvgIpc) is 3.17. The van der Waals surface area contributed by atoms with Crippen molar-refractivity contribution in [2.45, 2.75) is 38.8 Å². The molecule has 0 aliphatic rings. The molecule has 2 amide bonds. The first-order valence-electron chi connectivity index (χ1n) is 10.2. The third kappa shape index (κ3) is 5.00. The van der Waals surface area contributed by atoms with Gasteiger partial charge in [0.2, 0.25) is 0 Å². The molecule has 3 rings (SSSR count). The maximum absolute atomic E-state index is 12.9. The molecule has 2 atom stereocenters. The Labute approximate surface area is 178 Å². The van der Waals surface area contributed by atoms with Crippen molar-refractivity contribution in [1.82, 2.24) is 20.2 Å². The quantitative estimate of drug-likeness (QED) is 0.597. The number of urea groups is 1. The highest BCUT2D eigenvalue weighted by Gasteiger charge is 2.22. The fourth-order valence-corrected chi connectivity index (χ4v) is 3.40. The number of carbonyl (C=O) groups is 1. The number of hydrogen-bond donors (Lipinski definition) is 2. The van der Waals surface area contributed by atoms with Crippen LogP contribution in [0.4, 0.5) is 4.79 Å². The van der Waals surface area contributed by atoms with E-state index in [1.807, 2.05) is 49.0 Å². The van der Waals surface area contributed by atoms with Crippen molar-refractivity contribution in [2.24, 2.45) is 7.05 Å².